The molecule has 2 fully saturated rings. The van der Waals surface area contributed by atoms with Gasteiger partial charge in [-0.2, -0.15) is 0 Å². The number of amides is 1. The van der Waals surface area contributed by atoms with Crippen LogP contribution in [0.4, 0.5) is 0 Å². The van der Waals surface area contributed by atoms with Crippen LogP contribution in [0.5, 0.6) is 0 Å². The second-order valence-electron chi connectivity index (χ2n) is 7.49. The summed E-state index contributed by atoms with van der Waals surface area (Å²) < 4.78 is 2.25. The van der Waals surface area contributed by atoms with Gasteiger partial charge in [0.1, 0.15) is 11.2 Å². The van der Waals surface area contributed by atoms with Crippen LogP contribution in [0.1, 0.15) is 38.6 Å². The highest BCUT2D eigenvalue weighted by atomic mass is 16.2. The molecule has 6 heteroatoms. The standard InChI is InChI=1S/C18H21N5O/c1-18(5-6-18)17(24)22-8-2-3-12(10-22)23-11-21-14-9-20-16-13(15(14)23)4-7-19-16/h4,7,9,11-12H,2-3,5-6,8,10H2,1H3,(H,19,20). The van der Waals surface area contributed by atoms with E-state index < -0.39 is 0 Å². The van der Waals surface area contributed by atoms with Crippen molar-refractivity contribution in [3.05, 3.63) is 24.8 Å². The van der Waals surface area contributed by atoms with E-state index in [0.29, 0.717) is 5.91 Å². The van der Waals surface area contributed by atoms with E-state index in [0.717, 1.165) is 60.8 Å². The summed E-state index contributed by atoms with van der Waals surface area (Å²) in [5.74, 6) is 0.338. The third-order valence-corrected chi connectivity index (χ3v) is 5.71. The molecule has 1 saturated carbocycles. The Bertz CT molecular complexity index is 935. The Hall–Kier alpha value is -2.37. The molecule has 1 N–H and O–H groups in total. The minimum absolute atomic E-state index is 0.0866. The summed E-state index contributed by atoms with van der Waals surface area (Å²) in [5.41, 5.74) is 2.84. The lowest BCUT2D eigenvalue weighted by atomic mass is 10.0. The number of likely N-dealkylation sites (tertiary alicyclic amines) is 1. The Kier molecular flexibility index (Phi) is 2.81. The predicted molar refractivity (Wildman–Crippen MR) is 91.6 cm³/mol. The number of H-pyrrole nitrogens is 1. The van der Waals surface area contributed by atoms with Crippen molar-refractivity contribution in [3.8, 4) is 0 Å². The Morgan fingerprint density at radius 2 is 2.25 bits per heavy atom. The average Bonchev–Trinajstić information content (AvgIpc) is 3.03. The molecular weight excluding hydrogens is 302 g/mol. The first kappa shape index (κ1) is 14.0. The van der Waals surface area contributed by atoms with E-state index in [9.17, 15) is 4.79 Å². The molecule has 3 aromatic heterocycles. The van der Waals surface area contributed by atoms with Crippen LogP contribution in [-0.4, -0.2) is 43.4 Å². The van der Waals surface area contributed by atoms with Crippen LogP contribution in [0.2, 0.25) is 0 Å². The monoisotopic (exact) mass is 323 g/mol. The van der Waals surface area contributed by atoms with E-state index in [1.165, 1.54) is 0 Å². The Labute approximate surface area is 139 Å². The van der Waals surface area contributed by atoms with Crippen molar-refractivity contribution < 1.29 is 4.79 Å². The quantitative estimate of drug-likeness (QED) is 0.788. The van der Waals surface area contributed by atoms with Crippen LogP contribution in [-0.2, 0) is 4.79 Å². The number of hydrogen-bond acceptors (Lipinski definition) is 3. The summed E-state index contributed by atoms with van der Waals surface area (Å²) in [6, 6.07) is 2.34. The van der Waals surface area contributed by atoms with Gasteiger partial charge in [0.2, 0.25) is 5.91 Å². The van der Waals surface area contributed by atoms with Crippen LogP contribution in [0, 0.1) is 5.41 Å². The number of imidazole rings is 1. The molecule has 4 heterocycles. The van der Waals surface area contributed by atoms with Crippen molar-refractivity contribution in [2.45, 2.75) is 38.6 Å². The number of nitrogens with zero attached hydrogens (tertiary/aromatic N) is 4. The van der Waals surface area contributed by atoms with Gasteiger partial charge in [0, 0.05) is 30.1 Å². The molecule has 0 radical (unpaired) electrons. The highest BCUT2D eigenvalue weighted by molar-refractivity contribution is 6.01. The fraction of sp³-hybridized carbons (Fsp3) is 0.500. The Morgan fingerprint density at radius 3 is 3.08 bits per heavy atom. The maximum absolute atomic E-state index is 12.7. The number of aromatic amines is 1. The molecule has 24 heavy (non-hydrogen) atoms. The maximum Gasteiger partial charge on any atom is 0.228 e. The van der Waals surface area contributed by atoms with Gasteiger partial charge in [-0.3, -0.25) is 4.79 Å². The molecular formula is C18H21N5O. The van der Waals surface area contributed by atoms with Gasteiger partial charge in [-0.15, -0.1) is 0 Å². The van der Waals surface area contributed by atoms with E-state index in [1.807, 2.05) is 18.7 Å². The summed E-state index contributed by atoms with van der Waals surface area (Å²) in [7, 11) is 0. The van der Waals surface area contributed by atoms with Crippen molar-refractivity contribution in [2.75, 3.05) is 13.1 Å². The highest BCUT2D eigenvalue weighted by Gasteiger charge is 2.47. The summed E-state index contributed by atoms with van der Waals surface area (Å²) >= 11 is 0. The zero-order chi connectivity index (χ0) is 16.3. The van der Waals surface area contributed by atoms with Crippen molar-refractivity contribution in [2.24, 2.45) is 5.41 Å². The number of carbonyl (C=O) groups excluding carboxylic acids is 1. The van der Waals surface area contributed by atoms with Crippen LogP contribution < -0.4 is 0 Å². The average molecular weight is 323 g/mol. The minimum atomic E-state index is -0.0866. The van der Waals surface area contributed by atoms with Gasteiger partial charge in [-0.25, -0.2) is 9.97 Å². The Morgan fingerprint density at radius 1 is 1.38 bits per heavy atom. The molecule has 6 nitrogen and oxygen atoms in total. The third-order valence-electron chi connectivity index (χ3n) is 5.71. The molecule has 2 aliphatic rings. The summed E-state index contributed by atoms with van der Waals surface area (Å²) in [5, 5.41) is 1.10. The lowest BCUT2D eigenvalue weighted by Crippen LogP contribution is -2.43. The van der Waals surface area contributed by atoms with Crippen LogP contribution in [0.25, 0.3) is 22.1 Å². The van der Waals surface area contributed by atoms with Gasteiger partial charge in [0.25, 0.3) is 0 Å². The molecule has 1 amide bonds. The lowest BCUT2D eigenvalue weighted by molar-refractivity contribution is -0.138. The van der Waals surface area contributed by atoms with Crippen LogP contribution in [0.3, 0.4) is 0 Å². The zero-order valence-corrected chi connectivity index (χ0v) is 13.8. The molecule has 1 saturated heterocycles. The summed E-state index contributed by atoms with van der Waals surface area (Å²) in [4.78, 5) is 26.9. The largest absolute Gasteiger partial charge is 0.346 e. The van der Waals surface area contributed by atoms with E-state index in [4.69, 9.17) is 0 Å². The molecule has 0 spiro atoms. The van der Waals surface area contributed by atoms with Gasteiger partial charge in [-0.1, -0.05) is 6.92 Å². The second kappa shape index (κ2) is 4.82. The first-order valence-corrected chi connectivity index (χ1v) is 8.74. The van der Waals surface area contributed by atoms with Gasteiger partial charge in [0.15, 0.2) is 0 Å². The molecule has 1 aliphatic heterocycles. The second-order valence-corrected chi connectivity index (χ2v) is 7.49. The van der Waals surface area contributed by atoms with Gasteiger partial charge < -0.3 is 14.5 Å². The molecule has 124 valence electrons. The number of hydrogen-bond donors (Lipinski definition) is 1. The van der Waals surface area contributed by atoms with E-state index in [2.05, 4.69) is 37.4 Å². The highest BCUT2D eigenvalue weighted by Crippen LogP contribution is 2.47. The number of pyridine rings is 1. The van der Waals surface area contributed by atoms with Crippen molar-refractivity contribution in [1.29, 1.82) is 0 Å². The summed E-state index contributed by atoms with van der Waals surface area (Å²) in [6.07, 6.45) is 9.86. The van der Waals surface area contributed by atoms with Crippen LogP contribution >= 0.6 is 0 Å². The number of fused-ring (bicyclic) bond motifs is 3. The summed E-state index contributed by atoms with van der Waals surface area (Å²) in [6.45, 7) is 3.77. The Balaban J connectivity index is 1.52. The van der Waals surface area contributed by atoms with Crippen LogP contribution in [0.15, 0.2) is 24.8 Å². The molecule has 0 aromatic carbocycles. The van der Waals surface area contributed by atoms with E-state index in [1.54, 1.807) is 0 Å². The number of piperidine rings is 1. The number of carbonyl (C=O) groups is 1. The number of nitrogens with one attached hydrogen (secondary N) is 1. The fourth-order valence-corrected chi connectivity index (χ4v) is 3.96. The van der Waals surface area contributed by atoms with Crippen molar-refractivity contribution in [1.82, 2.24) is 24.4 Å². The first-order chi connectivity index (χ1) is 11.7. The maximum atomic E-state index is 12.7. The normalized spacial score (nSPS) is 23.0. The SMILES string of the molecule is CC1(C(=O)N2CCCC(n3cnc4cnc5[nH]ccc5c43)C2)CC1. The third kappa shape index (κ3) is 1.98. The molecule has 1 unspecified atom stereocenters. The van der Waals surface area contributed by atoms with Crippen molar-refractivity contribution in [3.63, 3.8) is 0 Å². The molecule has 5 rings (SSSR count). The molecule has 3 aromatic rings. The first-order valence-electron chi connectivity index (χ1n) is 8.74. The molecule has 1 aliphatic carbocycles. The fourth-order valence-electron chi connectivity index (χ4n) is 3.96. The topological polar surface area (TPSA) is 66.8 Å². The van der Waals surface area contributed by atoms with Crippen molar-refractivity contribution >= 4 is 28.0 Å². The number of aromatic nitrogens is 4. The van der Waals surface area contributed by atoms with Gasteiger partial charge in [0.05, 0.1) is 24.1 Å². The number of rotatable bonds is 2. The van der Waals surface area contributed by atoms with Gasteiger partial charge in [-0.05, 0) is 31.7 Å². The van der Waals surface area contributed by atoms with E-state index >= 15 is 0 Å². The molecule has 0 bridgehead atoms. The zero-order valence-electron chi connectivity index (χ0n) is 13.8. The lowest BCUT2D eigenvalue weighted by Gasteiger charge is -2.35. The minimum Gasteiger partial charge on any atom is -0.346 e. The van der Waals surface area contributed by atoms with Gasteiger partial charge >= 0.3 is 0 Å². The smallest absolute Gasteiger partial charge is 0.228 e. The predicted octanol–water partition coefficient (Wildman–Crippen LogP) is 2.88. The van der Waals surface area contributed by atoms with E-state index in [-0.39, 0.29) is 11.5 Å². The molecule has 1 atom stereocenters.